The molecule has 0 aliphatic rings. The van der Waals surface area contributed by atoms with Crippen LogP contribution in [0.3, 0.4) is 0 Å². The van der Waals surface area contributed by atoms with Crippen LogP contribution in [-0.2, 0) is 6.42 Å². The van der Waals surface area contributed by atoms with E-state index in [4.69, 9.17) is 44.9 Å². The molecular formula is C26H27Cl3N6O3. The number of H-pyrrole nitrogens is 1. The zero-order valence-electron chi connectivity index (χ0n) is 20.8. The Morgan fingerprint density at radius 2 is 1.79 bits per heavy atom. The molecule has 0 saturated heterocycles. The number of hydrogen-bond acceptors (Lipinski definition) is 5. The minimum Gasteiger partial charge on any atom is -0.396 e. The first-order chi connectivity index (χ1) is 18.2. The third-order valence-electron chi connectivity index (χ3n) is 5.81. The second-order valence-corrected chi connectivity index (χ2v) is 10.3. The molecule has 200 valence electrons. The van der Waals surface area contributed by atoms with Crippen LogP contribution in [0, 0.1) is 0 Å². The monoisotopic (exact) mass is 576 g/mol. The van der Waals surface area contributed by atoms with E-state index in [-0.39, 0.29) is 34.2 Å². The predicted molar refractivity (Wildman–Crippen MR) is 151 cm³/mol. The zero-order chi connectivity index (χ0) is 27.4. The van der Waals surface area contributed by atoms with E-state index in [1.54, 1.807) is 24.3 Å². The number of unbranched alkanes of at least 4 members (excludes halogenated alkanes) is 1. The van der Waals surface area contributed by atoms with Gasteiger partial charge in [-0.15, -0.1) is 0 Å². The van der Waals surface area contributed by atoms with E-state index < -0.39 is 0 Å². The van der Waals surface area contributed by atoms with Gasteiger partial charge in [-0.3, -0.25) is 4.79 Å². The second kappa shape index (κ2) is 12.2. The number of nitrogens with zero attached hydrogens (tertiary/aromatic N) is 3. The summed E-state index contributed by atoms with van der Waals surface area (Å²) in [6, 6.07) is 10.0. The van der Waals surface area contributed by atoms with Gasteiger partial charge in [-0.05, 0) is 48.6 Å². The van der Waals surface area contributed by atoms with E-state index in [9.17, 15) is 9.59 Å². The first-order valence-electron chi connectivity index (χ1n) is 12.1. The van der Waals surface area contributed by atoms with Crippen LogP contribution in [0.2, 0.25) is 15.1 Å². The van der Waals surface area contributed by atoms with Gasteiger partial charge in [0.05, 0.1) is 15.7 Å². The van der Waals surface area contributed by atoms with Crippen LogP contribution < -0.4 is 16.2 Å². The summed E-state index contributed by atoms with van der Waals surface area (Å²) in [5, 5.41) is 20.3. The fourth-order valence-corrected chi connectivity index (χ4v) is 4.97. The average molecular weight is 578 g/mol. The minimum absolute atomic E-state index is 0.0516. The van der Waals surface area contributed by atoms with Crippen molar-refractivity contribution in [1.82, 2.24) is 25.1 Å². The molecule has 0 spiro atoms. The molecule has 0 saturated carbocycles. The van der Waals surface area contributed by atoms with E-state index in [2.05, 4.69) is 20.7 Å². The third kappa shape index (κ3) is 6.30. The van der Waals surface area contributed by atoms with Crippen molar-refractivity contribution in [1.29, 1.82) is 0 Å². The quantitative estimate of drug-likeness (QED) is 0.191. The van der Waals surface area contributed by atoms with Crippen molar-refractivity contribution in [2.45, 2.75) is 39.0 Å². The molecule has 2 aromatic heterocycles. The standard InChI is InChI=1S/C26H27Cl3N6O3/c1-14(2)22-21-24(35(34-22)23-18(28)12-16(27)13-19(23)29)32-20(33-25(21)37)11-15-5-7-17(8-6-15)31-26(38)30-9-3-4-10-36/h5-8,12-14,36H,3-4,9-11H2,1-2H3,(H2,30,31,38)(H,32,33,37). The third-order valence-corrected chi connectivity index (χ3v) is 6.60. The van der Waals surface area contributed by atoms with Crippen molar-refractivity contribution in [3.05, 3.63) is 78.9 Å². The van der Waals surface area contributed by atoms with Gasteiger partial charge in [-0.1, -0.05) is 60.8 Å². The van der Waals surface area contributed by atoms with Crippen LogP contribution in [0.1, 0.15) is 49.7 Å². The number of benzene rings is 2. The summed E-state index contributed by atoms with van der Waals surface area (Å²) in [5.74, 6) is 0.381. The highest BCUT2D eigenvalue weighted by molar-refractivity contribution is 6.40. The molecule has 4 rings (SSSR count). The van der Waals surface area contributed by atoms with Gasteiger partial charge in [0.2, 0.25) is 0 Å². The maximum atomic E-state index is 13.2. The van der Waals surface area contributed by atoms with Gasteiger partial charge in [0.15, 0.2) is 5.65 Å². The Labute approximate surface area is 234 Å². The molecule has 0 atom stereocenters. The van der Waals surface area contributed by atoms with Gasteiger partial charge in [0.1, 0.15) is 16.9 Å². The summed E-state index contributed by atoms with van der Waals surface area (Å²) in [4.78, 5) is 32.8. The molecule has 38 heavy (non-hydrogen) atoms. The highest BCUT2D eigenvalue weighted by Gasteiger charge is 2.23. The maximum absolute atomic E-state index is 13.2. The van der Waals surface area contributed by atoms with Crippen molar-refractivity contribution >= 4 is 57.6 Å². The minimum atomic E-state index is -0.319. The van der Waals surface area contributed by atoms with Gasteiger partial charge in [0.25, 0.3) is 5.56 Å². The number of aromatic amines is 1. The van der Waals surface area contributed by atoms with Crippen molar-refractivity contribution < 1.29 is 9.90 Å². The van der Waals surface area contributed by atoms with E-state index in [1.807, 2.05) is 26.0 Å². The molecule has 9 nitrogen and oxygen atoms in total. The molecule has 0 aliphatic heterocycles. The normalized spacial score (nSPS) is 11.3. The highest BCUT2D eigenvalue weighted by atomic mass is 35.5. The Hall–Kier alpha value is -3.11. The molecule has 0 unspecified atom stereocenters. The van der Waals surface area contributed by atoms with Crippen LogP contribution >= 0.6 is 34.8 Å². The number of anilines is 1. The molecule has 4 N–H and O–H groups in total. The first-order valence-corrected chi connectivity index (χ1v) is 13.2. The van der Waals surface area contributed by atoms with E-state index in [1.165, 1.54) is 4.68 Å². The van der Waals surface area contributed by atoms with Gasteiger partial charge in [-0.25, -0.2) is 14.5 Å². The molecule has 0 aliphatic carbocycles. The van der Waals surface area contributed by atoms with Crippen molar-refractivity contribution in [2.24, 2.45) is 0 Å². The number of hydrogen-bond donors (Lipinski definition) is 4. The number of aliphatic hydroxyl groups is 1. The molecule has 2 heterocycles. The predicted octanol–water partition coefficient (Wildman–Crippen LogP) is 5.68. The summed E-state index contributed by atoms with van der Waals surface area (Å²) in [6.07, 6.45) is 1.67. The van der Waals surface area contributed by atoms with Crippen LogP contribution in [0.15, 0.2) is 41.2 Å². The Kier molecular flexibility index (Phi) is 8.94. The second-order valence-electron chi connectivity index (χ2n) is 9.07. The summed E-state index contributed by atoms with van der Waals surface area (Å²) < 4.78 is 1.50. The van der Waals surface area contributed by atoms with Crippen LogP contribution in [0.5, 0.6) is 0 Å². The molecule has 12 heteroatoms. The Balaban J connectivity index is 1.62. The van der Waals surface area contributed by atoms with Crippen molar-refractivity contribution in [3.8, 4) is 5.69 Å². The van der Waals surface area contributed by atoms with E-state index >= 15 is 0 Å². The summed E-state index contributed by atoms with van der Waals surface area (Å²) in [7, 11) is 0. The molecule has 0 bridgehead atoms. The Bertz CT molecular complexity index is 1490. The fraction of sp³-hybridized carbons (Fsp3) is 0.308. The zero-order valence-corrected chi connectivity index (χ0v) is 23.1. The summed E-state index contributed by atoms with van der Waals surface area (Å²) in [6.45, 7) is 4.46. The number of carbonyl (C=O) groups excluding carboxylic acids is 1. The number of carbonyl (C=O) groups is 1. The lowest BCUT2D eigenvalue weighted by Gasteiger charge is -2.10. The molecule has 0 radical (unpaired) electrons. The number of urea groups is 1. The topological polar surface area (TPSA) is 125 Å². The summed E-state index contributed by atoms with van der Waals surface area (Å²) >= 11 is 19.0. The average Bonchev–Trinajstić information content (AvgIpc) is 3.22. The number of halogens is 3. The first kappa shape index (κ1) is 27.9. The van der Waals surface area contributed by atoms with Crippen molar-refractivity contribution in [3.63, 3.8) is 0 Å². The maximum Gasteiger partial charge on any atom is 0.319 e. The molecule has 0 fully saturated rings. The lowest BCUT2D eigenvalue weighted by molar-refractivity contribution is 0.250. The SMILES string of the molecule is CC(C)c1nn(-c2c(Cl)cc(Cl)cc2Cl)c2nc(Cc3ccc(NC(=O)NCCCCO)cc3)[nH]c(=O)c12. The van der Waals surface area contributed by atoms with Crippen LogP contribution in [-0.4, -0.2) is 44.0 Å². The van der Waals surface area contributed by atoms with Gasteiger partial charge in [0, 0.05) is 30.3 Å². The molecular weight excluding hydrogens is 551 g/mol. The van der Waals surface area contributed by atoms with Gasteiger partial charge >= 0.3 is 6.03 Å². The van der Waals surface area contributed by atoms with E-state index in [0.717, 1.165) is 5.56 Å². The summed E-state index contributed by atoms with van der Waals surface area (Å²) in [5.41, 5.74) is 2.50. The smallest absolute Gasteiger partial charge is 0.319 e. The number of nitrogens with one attached hydrogen (secondary N) is 3. The largest absolute Gasteiger partial charge is 0.396 e. The lowest BCUT2D eigenvalue weighted by Crippen LogP contribution is -2.29. The van der Waals surface area contributed by atoms with Crippen molar-refractivity contribution in [2.75, 3.05) is 18.5 Å². The van der Waals surface area contributed by atoms with Gasteiger partial charge < -0.3 is 20.7 Å². The number of aromatic nitrogens is 4. The molecule has 2 aromatic carbocycles. The lowest BCUT2D eigenvalue weighted by atomic mass is 10.1. The van der Waals surface area contributed by atoms with Gasteiger partial charge in [-0.2, -0.15) is 5.10 Å². The van der Waals surface area contributed by atoms with E-state index in [0.29, 0.717) is 64.8 Å². The number of rotatable bonds is 9. The fourth-order valence-electron chi connectivity index (χ4n) is 3.99. The van der Waals surface area contributed by atoms with Crippen LogP contribution in [0.4, 0.5) is 10.5 Å². The number of amides is 2. The Morgan fingerprint density at radius 3 is 2.42 bits per heavy atom. The number of fused-ring (bicyclic) bond motifs is 1. The molecule has 4 aromatic rings. The Morgan fingerprint density at radius 1 is 1.11 bits per heavy atom. The highest BCUT2D eigenvalue weighted by Crippen LogP contribution is 2.34. The number of aliphatic hydroxyl groups excluding tert-OH is 1. The van der Waals surface area contributed by atoms with Crippen LogP contribution in [0.25, 0.3) is 16.7 Å². The molecule has 2 amide bonds.